The molecule has 10 aromatic carbocycles. The van der Waals surface area contributed by atoms with Gasteiger partial charge in [-0.25, -0.2) is 0 Å². The van der Waals surface area contributed by atoms with E-state index in [0.29, 0.717) is 27.4 Å². The van der Waals surface area contributed by atoms with Crippen LogP contribution in [0, 0.1) is 136 Å². The van der Waals surface area contributed by atoms with Crippen molar-refractivity contribution in [3.8, 4) is 55.6 Å². The number of rotatable bonds is 14. The van der Waals surface area contributed by atoms with E-state index in [2.05, 4.69) is 317 Å². The second kappa shape index (κ2) is 43.4. The molecule has 0 spiro atoms. The van der Waals surface area contributed by atoms with Crippen molar-refractivity contribution in [2.24, 2.45) is 32.5 Å². The molecule has 0 aliphatic rings. The fourth-order valence-corrected chi connectivity index (χ4v) is 16.3. The number of alkyl halides is 9. The van der Waals surface area contributed by atoms with Crippen LogP contribution < -0.4 is 0 Å². The zero-order valence-corrected chi connectivity index (χ0v) is 81.5. The van der Waals surface area contributed by atoms with Crippen LogP contribution in [0.25, 0.3) is 55.6 Å². The van der Waals surface area contributed by atoms with Gasteiger partial charge >= 0.3 is 18.5 Å². The molecule has 0 nitrogen and oxygen atoms in total. The number of benzene rings is 10. The number of halogens is 9. The van der Waals surface area contributed by atoms with E-state index in [1.54, 1.807) is 30.3 Å². The highest BCUT2D eigenvalue weighted by atomic mass is 32.1. The van der Waals surface area contributed by atoms with Gasteiger partial charge in [-0.15, -0.1) is 22.7 Å². The average molecular weight is 1730 g/mol. The summed E-state index contributed by atoms with van der Waals surface area (Å²) in [6.07, 6.45) is -9.03. The molecule has 2 heterocycles. The van der Waals surface area contributed by atoms with E-state index in [9.17, 15) is 39.5 Å². The highest BCUT2D eigenvalue weighted by molar-refractivity contribution is 7.12. The minimum absolute atomic E-state index is 0.0102. The average Bonchev–Trinajstić information content (AvgIpc) is 1.63. The summed E-state index contributed by atoms with van der Waals surface area (Å²) in [4.78, 5) is 4.78. The molecule has 11 heteroatoms. The first-order chi connectivity index (χ1) is 57.1. The predicted molar refractivity (Wildman–Crippen MR) is 519 cm³/mol. The van der Waals surface area contributed by atoms with Crippen LogP contribution in [0.3, 0.4) is 0 Å². The second-order valence-electron chi connectivity index (χ2n) is 39.9. The molecule has 0 fully saturated rings. The van der Waals surface area contributed by atoms with Gasteiger partial charge in [-0.2, -0.15) is 39.5 Å². The Morgan fingerprint density at radius 3 is 0.645 bits per heavy atom. The van der Waals surface area contributed by atoms with Gasteiger partial charge in [-0.1, -0.05) is 304 Å². The third kappa shape index (κ3) is 32.7. The maximum absolute atomic E-state index is 13.0. The van der Waals surface area contributed by atoms with Gasteiger partial charge in [-0.05, 0) is 333 Å². The molecule has 0 bridgehead atoms. The van der Waals surface area contributed by atoms with Gasteiger partial charge in [0.1, 0.15) is 0 Å². The van der Waals surface area contributed by atoms with Crippen LogP contribution in [0.4, 0.5) is 39.5 Å². The first kappa shape index (κ1) is 104. The Labute approximate surface area is 748 Å². The lowest BCUT2D eigenvalue weighted by Crippen LogP contribution is -2.34. The number of hydrogen-bond acceptors (Lipinski definition) is 2. The molecule has 0 atom stereocenters. The van der Waals surface area contributed by atoms with E-state index in [0.717, 1.165) is 44.8 Å². The van der Waals surface area contributed by atoms with Crippen molar-refractivity contribution in [2.45, 2.75) is 265 Å². The molecule has 0 radical (unpaired) electrons. The van der Waals surface area contributed by atoms with Crippen molar-refractivity contribution >= 4 is 22.7 Å². The van der Waals surface area contributed by atoms with Crippen LogP contribution in [0.1, 0.15) is 218 Å². The molecule has 0 amide bonds. The van der Waals surface area contributed by atoms with Crippen molar-refractivity contribution in [3.05, 3.63) is 339 Å². The van der Waals surface area contributed by atoms with Crippen molar-refractivity contribution in [1.29, 1.82) is 0 Å². The predicted octanol–water partition coefficient (Wildman–Crippen LogP) is 36.0. The highest BCUT2D eigenvalue weighted by Crippen LogP contribution is 2.44. The summed E-state index contributed by atoms with van der Waals surface area (Å²) in [5, 5.41) is 0. The summed E-state index contributed by atoms with van der Waals surface area (Å²) in [5.74, 6) is 0. The Morgan fingerprint density at radius 1 is 0.194 bits per heavy atom. The lowest BCUT2D eigenvalue weighted by molar-refractivity contribution is -0.211. The Morgan fingerprint density at radius 2 is 0.411 bits per heavy atom. The Hall–Kier alpha value is -9.03. The van der Waals surface area contributed by atoms with Crippen LogP contribution in [0.15, 0.2) is 224 Å². The molecule has 12 rings (SSSR count). The molecule has 0 unspecified atom stereocenters. The summed E-state index contributed by atoms with van der Waals surface area (Å²) < 4.78 is 115. The summed E-state index contributed by atoms with van der Waals surface area (Å²) in [6, 6.07) is 77.7. The number of thiophene rings is 2. The normalized spacial score (nSPS) is 12.0. The van der Waals surface area contributed by atoms with Crippen LogP contribution in [0.2, 0.25) is 0 Å². The lowest BCUT2D eigenvalue weighted by Gasteiger charge is -2.27. The van der Waals surface area contributed by atoms with Gasteiger partial charge in [0.2, 0.25) is 0 Å². The SMILES string of the molecule is Cc1cc(-c2ccc(CC(C)(C)C(F)(F)F)cc2)cc(C)c1C.Cc1cc(-c2ccc(CC(C)(C)C)cc2)cc(C)c1C.Cc1cc(-c2ccccc2)cc(C)c1C.Cc1ccc(-c2ccc(CC(C)(C)C(F)(F)F)cc2)cc1C.Cc1ccc(-c2ccc(CC(C)(C)C)cc2)cc1C.Cc1ccc(CC(C)(C)C(F)(F)F)s1.Cc1ccc(CC(C)(C)C)s1. The van der Waals surface area contributed by atoms with Gasteiger partial charge < -0.3 is 0 Å². The Balaban J connectivity index is 0.000000226. The van der Waals surface area contributed by atoms with Crippen molar-refractivity contribution in [2.75, 3.05) is 0 Å². The van der Waals surface area contributed by atoms with Crippen molar-refractivity contribution < 1.29 is 39.5 Å². The smallest absolute Gasteiger partial charge is 0.171 e. The third-order valence-corrected chi connectivity index (χ3v) is 25.0. The van der Waals surface area contributed by atoms with Gasteiger partial charge in [0.25, 0.3) is 0 Å². The van der Waals surface area contributed by atoms with Crippen molar-refractivity contribution in [1.82, 2.24) is 0 Å². The van der Waals surface area contributed by atoms with Gasteiger partial charge in [0.15, 0.2) is 0 Å². The fraction of sp³-hybridized carbons (Fsp3) is 0.398. The van der Waals surface area contributed by atoms with Gasteiger partial charge in [0.05, 0.1) is 16.2 Å². The lowest BCUT2D eigenvalue weighted by atomic mass is 9.84. The zero-order valence-electron chi connectivity index (χ0n) is 79.8. The minimum Gasteiger partial charge on any atom is -0.171 e. The monoisotopic (exact) mass is 1730 g/mol. The van der Waals surface area contributed by atoms with E-state index >= 15 is 0 Å². The summed E-state index contributed by atoms with van der Waals surface area (Å²) >= 11 is 3.35. The largest absolute Gasteiger partial charge is 0.394 e. The molecule has 666 valence electrons. The van der Waals surface area contributed by atoms with E-state index in [4.69, 9.17) is 0 Å². The summed E-state index contributed by atoms with van der Waals surface area (Å²) in [5.41, 5.74) is 29.6. The van der Waals surface area contributed by atoms with Gasteiger partial charge in [-0.3, -0.25) is 0 Å². The molecular formula is C113H139F9S2. The minimum atomic E-state index is -4.20. The molecule has 12 aromatic rings. The Bertz CT molecular complexity index is 5290. The maximum atomic E-state index is 13.0. The highest BCUT2D eigenvalue weighted by Gasteiger charge is 2.49. The van der Waals surface area contributed by atoms with Crippen LogP contribution >= 0.6 is 22.7 Å². The van der Waals surface area contributed by atoms with E-state index in [1.807, 2.05) is 54.7 Å². The van der Waals surface area contributed by atoms with Crippen LogP contribution in [-0.2, 0) is 38.5 Å². The van der Waals surface area contributed by atoms with Crippen LogP contribution in [0.5, 0.6) is 0 Å². The molecule has 0 aliphatic carbocycles. The van der Waals surface area contributed by atoms with Crippen molar-refractivity contribution in [3.63, 3.8) is 0 Å². The van der Waals surface area contributed by atoms with Gasteiger partial charge in [0, 0.05) is 19.5 Å². The number of hydrogen-bond donors (Lipinski definition) is 0. The maximum Gasteiger partial charge on any atom is 0.394 e. The molecule has 2 aromatic heterocycles. The zero-order chi connectivity index (χ0) is 93.2. The first-order valence-electron chi connectivity index (χ1n) is 43.2. The summed E-state index contributed by atoms with van der Waals surface area (Å²) in [7, 11) is 0. The second-order valence-corrected chi connectivity index (χ2v) is 42.6. The fourth-order valence-electron chi connectivity index (χ4n) is 14.0. The third-order valence-electron chi connectivity index (χ3n) is 23.0. The molecule has 0 N–H and O–H groups in total. The molecular weight excluding hydrogens is 1590 g/mol. The quantitative estimate of drug-likeness (QED) is 0.0952. The Kier molecular flexibility index (Phi) is 36.4. The summed E-state index contributed by atoms with van der Waals surface area (Å²) in [6.45, 7) is 59.8. The van der Waals surface area contributed by atoms with Crippen LogP contribution in [-0.4, -0.2) is 18.5 Å². The standard InChI is InChI=1S/C20H23F3.C20H26.C19H21F3.C19H24.C15H16.C10H13F3S.C10H16S/c1-13-10-18(11-14(2)15(13)3)17-8-6-16(7-9-17)12-19(4,5)20(21,22)23;1-14-11-19(12-15(2)16(14)3)18-9-7-17(8-10-18)13-20(4,5)6;1-13-5-8-17(11-14(13)2)16-9-6-15(7-10-16)12-18(3,4)19(20,21)22;1-14-6-9-18(12-15(14)2)17-10-7-16(8-11-17)13-19(3,4)5;1-11-9-15(10-12(2)13(11)3)14-7-5-4-6-8-14;1-7-4-5-8(14-7)6-9(2,3)10(11,12)13;1-8-5-6-9(11-8)7-10(2,3)4/h6-11H,12H2,1-5H3;7-12H,13H2,1-6H3;5-11H,12H2,1-4H3;6-12H,13H2,1-5H3;4-10H,1-3H3;4-5H,6H2,1-3H3;5-6H,7H2,1-4H3. The van der Waals surface area contributed by atoms with E-state index < -0.39 is 34.8 Å². The molecule has 0 saturated heterocycles. The molecule has 0 saturated carbocycles. The first-order valence-corrected chi connectivity index (χ1v) is 44.9. The topological polar surface area (TPSA) is 0 Å². The van der Waals surface area contributed by atoms with E-state index in [-0.39, 0.29) is 19.3 Å². The molecule has 124 heavy (non-hydrogen) atoms. The molecule has 0 aliphatic heterocycles. The number of aryl methyl sites for hydroxylation is 12. The van der Waals surface area contributed by atoms with E-state index in [1.165, 1.54) is 186 Å².